The predicted octanol–water partition coefficient (Wildman–Crippen LogP) is 5.06. The Morgan fingerprint density at radius 1 is 1.26 bits per heavy atom. The average Bonchev–Trinajstić information content (AvgIpc) is 3.03. The van der Waals surface area contributed by atoms with Crippen LogP contribution in [0.5, 0.6) is 0 Å². The monoisotopic (exact) mass is 367 g/mol. The summed E-state index contributed by atoms with van der Waals surface area (Å²) in [5.74, 6) is -1.70. The molecule has 140 valence electrons. The van der Waals surface area contributed by atoms with E-state index in [1.54, 1.807) is 12.1 Å². The SMILES string of the molecule is CCCC1(OC(C)=O)OCCc2c1[nH]c1cccc(-c3ccc(F)cc3)c21. The second-order valence-corrected chi connectivity index (χ2v) is 6.91. The van der Waals surface area contributed by atoms with E-state index >= 15 is 0 Å². The van der Waals surface area contributed by atoms with Crippen molar-refractivity contribution in [3.8, 4) is 11.1 Å². The van der Waals surface area contributed by atoms with E-state index in [1.807, 2.05) is 25.1 Å². The maximum Gasteiger partial charge on any atom is 0.305 e. The van der Waals surface area contributed by atoms with Crippen molar-refractivity contribution < 1.29 is 18.7 Å². The molecular weight excluding hydrogens is 345 g/mol. The summed E-state index contributed by atoms with van der Waals surface area (Å²) in [7, 11) is 0. The Morgan fingerprint density at radius 3 is 2.74 bits per heavy atom. The fourth-order valence-corrected chi connectivity index (χ4v) is 4.04. The highest BCUT2D eigenvalue weighted by Gasteiger charge is 2.43. The highest BCUT2D eigenvalue weighted by atomic mass is 19.1. The number of benzene rings is 2. The van der Waals surface area contributed by atoms with E-state index in [0.29, 0.717) is 13.0 Å². The van der Waals surface area contributed by atoms with Gasteiger partial charge in [0.2, 0.25) is 0 Å². The van der Waals surface area contributed by atoms with Crippen LogP contribution in [0.2, 0.25) is 0 Å². The lowest BCUT2D eigenvalue weighted by molar-refractivity contribution is -0.247. The van der Waals surface area contributed by atoms with Crippen LogP contribution < -0.4 is 0 Å². The van der Waals surface area contributed by atoms with E-state index < -0.39 is 5.79 Å². The molecule has 1 aliphatic heterocycles. The number of hydrogen-bond acceptors (Lipinski definition) is 3. The zero-order valence-corrected chi connectivity index (χ0v) is 15.5. The third-order valence-electron chi connectivity index (χ3n) is 5.04. The zero-order valence-electron chi connectivity index (χ0n) is 15.5. The summed E-state index contributed by atoms with van der Waals surface area (Å²) in [6.45, 7) is 3.92. The summed E-state index contributed by atoms with van der Waals surface area (Å²) in [6, 6.07) is 12.5. The normalized spacial score (nSPS) is 19.1. The fourth-order valence-electron chi connectivity index (χ4n) is 4.04. The predicted molar refractivity (Wildman–Crippen MR) is 102 cm³/mol. The molecule has 0 radical (unpaired) electrons. The largest absolute Gasteiger partial charge is 0.427 e. The second-order valence-electron chi connectivity index (χ2n) is 6.91. The van der Waals surface area contributed by atoms with Crippen molar-refractivity contribution in [1.29, 1.82) is 0 Å². The molecule has 27 heavy (non-hydrogen) atoms. The molecule has 1 aromatic heterocycles. The Kier molecular flexibility index (Phi) is 4.48. The zero-order chi connectivity index (χ0) is 19.0. The van der Waals surface area contributed by atoms with Crippen LogP contribution in [0.1, 0.15) is 37.9 Å². The van der Waals surface area contributed by atoms with Crippen molar-refractivity contribution in [3.63, 3.8) is 0 Å². The van der Waals surface area contributed by atoms with Crippen LogP contribution in [-0.2, 0) is 26.5 Å². The summed E-state index contributed by atoms with van der Waals surface area (Å²) >= 11 is 0. The van der Waals surface area contributed by atoms with Crippen molar-refractivity contribution >= 4 is 16.9 Å². The first-order chi connectivity index (χ1) is 13.0. The molecule has 0 bridgehead atoms. The minimum Gasteiger partial charge on any atom is -0.427 e. The molecule has 2 aromatic carbocycles. The van der Waals surface area contributed by atoms with E-state index in [1.165, 1.54) is 19.1 Å². The molecule has 1 N–H and O–H groups in total. The standard InChI is InChI=1S/C22H22FNO3/c1-3-12-22(27-14(2)25)21-18(11-13-26-22)20-17(5-4-6-19(20)24-21)15-7-9-16(23)10-8-15/h4-10,24H,3,11-13H2,1-2H3. The topological polar surface area (TPSA) is 51.3 Å². The van der Waals surface area contributed by atoms with Gasteiger partial charge in [-0.15, -0.1) is 0 Å². The maximum atomic E-state index is 13.4. The number of nitrogens with one attached hydrogen (secondary N) is 1. The van der Waals surface area contributed by atoms with E-state index in [0.717, 1.165) is 46.1 Å². The highest BCUT2D eigenvalue weighted by Crippen LogP contribution is 2.43. The quantitative estimate of drug-likeness (QED) is 0.656. The molecule has 4 rings (SSSR count). The van der Waals surface area contributed by atoms with Crippen LogP contribution in [0.15, 0.2) is 42.5 Å². The molecule has 2 heterocycles. The Balaban J connectivity index is 1.94. The molecule has 1 atom stereocenters. The number of aromatic nitrogens is 1. The molecule has 0 aliphatic carbocycles. The number of rotatable bonds is 4. The summed E-state index contributed by atoms with van der Waals surface area (Å²) in [4.78, 5) is 15.2. The number of carbonyl (C=O) groups is 1. The van der Waals surface area contributed by atoms with Gasteiger partial charge in [0.1, 0.15) is 5.82 Å². The number of carbonyl (C=O) groups excluding carboxylic acids is 1. The number of H-pyrrole nitrogens is 1. The molecule has 0 amide bonds. The van der Waals surface area contributed by atoms with Crippen LogP contribution in [-0.4, -0.2) is 17.6 Å². The smallest absolute Gasteiger partial charge is 0.305 e. The maximum absolute atomic E-state index is 13.4. The number of aromatic amines is 1. The number of hydrogen-bond donors (Lipinski definition) is 1. The van der Waals surface area contributed by atoms with Crippen LogP contribution in [0, 0.1) is 5.82 Å². The van der Waals surface area contributed by atoms with E-state index in [9.17, 15) is 9.18 Å². The first-order valence-electron chi connectivity index (χ1n) is 9.27. The number of halogens is 1. The van der Waals surface area contributed by atoms with Crippen LogP contribution in [0.3, 0.4) is 0 Å². The van der Waals surface area contributed by atoms with E-state index in [-0.39, 0.29) is 11.8 Å². The Labute approximate surface area is 157 Å². The molecule has 4 nitrogen and oxygen atoms in total. The first-order valence-corrected chi connectivity index (χ1v) is 9.27. The number of fused-ring (bicyclic) bond motifs is 3. The summed E-state index contributed by atoms with van der Waals surface area (Å²) in [6.07, 6.45) is 2.12. The highest BCUT2D eigenvalue weighted by molar-refractivity contribution is 5.98. The van der Waals surface area contributed by atoms with Crippen molar-refractivity contribution in [2.24, 2.45) is 0 Å². The van der Waals surface area contributed by atoms with Gasteiger partial charge in [-0.1, -0.05) is 31.2 Å². The lowest BCUT2D eigenvalue weighted by Crippen LogP contribution is -2.39. The third kappa shape index (κ3) is 3.02. The Bertz CT molecular complexity index is 993. The van der Waals surface area contributed by atoms with Crippen LogP contribution in [0.4, 0.5) is 4.39 Å². The van der Waals surface area contributed by atoms with Gasteiger partial charge in [0.15, 0.2) is 0 Å². The summed E-state index contributed by atoms with van der Waals surface area (Å²) in [5, 5.41) is 1.08. The molecule has 1 unspecified atom stereocenters. The number of ether oxygens (including phenoxy) is 2. The fraction of sp³-hybridized carbons (Fsp3) is 0.318. The third-order valence-corrected chi connectivity index (χ3v) is 5.04. The van der Waals surface area contributed by atoms with E-state index in [2.05, 4.69) is 4.98 Å². The molecule has 0 fully saturated rings. The van der Waals surface area contributed by atoms with Gasteiger partial charge in [0, 0.05) is 24.2 Å². The van der Waals surface area contributed by atoms with Gasteiger partial charge in [-0.25, -0.2) is 4.39 Å². The molecule has 5 heteroatoms. The van der Waals surface area contributed by atoms with Crippen molar-refractivity contribution in [2.75, 3.05) is 6.61 Å². The van der Waals surface area contributed by atoms with Gasteiger partial charge in [-0.05, 0) is 47.7 Å². The molecule has 3 aromatic rings. The summed E-state index contributed by atoms with van der Waals surface area (Å²) in [5.41, 5.74) is 4.85. The molecule has 0 saturated carbocycles. The minimum absolute atomic E-state index is 0.257. The lowest BCUT2D eigenvalue weighted by Gasteiger charge is -2.36. The van der Waals surface area contributed by atoms with Gasteiger partial charge in [0.05, 0.1) is 12.3 Å². The van der Waals surface area contributed by atoms with Crippen molar-refractivity contribution in [3.05, 3.63) is 59.5 Å². The van der Waals surface area contributed by atoms with E-state index in [4.69, 9.17) is 9.47 Å². The first kappa shape index (κ1) is 17.7. The molecular formula is C22H22FNO3. The molecule has 0 spiro atoms. The van der Waals surface area contributed by atoms with Gasteiger partial charge in [-0.2, -0.15) is 0 Å². The summed E-state index contributed by atoms with van der Waals surface area (Å²) < 4.78 is 25.1. The van der Waals surface area contributed by atoms with Crippen molar-refractivity contribution in [2.45, 2.75) is 38.9 Å². The van der Waals surface area contributed by atoms with Gasteiger partial charge >= 0.3 is 5.97 Å². The second kappa shape index (κ2) is 6.82. The minimum atomic E-state index is -1.08. The van der Waals surface area contributed by atoms with Gasteiger partial charge in [-0.3, -0.25) is 4.79 Å². The lowest BCUT2D eigenvalue weighted by atomic mass is 9.93. The molecule has 0 saturated heterocycles. The average molecular weight is 367 g/mol. The Morgan fingerprint density at radius 2 is 2.04 bits per heavy atom. The van der Waals surface area contributed by atoms with Gasteiger partial charge < -0.3 is 14.5 Å². The van der Waals surface area contributed by atoms with Crippen LogP contribution >= 0.6 is 0 Å². The van der Waals surface area contributed by atoms with Gasteiger partial charge in [0.25, 0.3) is 5.79 Å². The molecule has 1 aliphatic rings. The van der Waals surface area contributed by atoms with Crippen molar-refractivity contribution in [1.82, 2.24) is 4.98 Å². The Hall–Kier alpha value is -2.66. The van der Waals surface area contributed by atoms with Crippen LogP contribution in [0.25, 0.3) is 22.0 Å². The number of esters is 1.